The summed E-state index contributed by atoms with van der Waals surface area (Å²) in [6.07, 6.45) is -3.00. The van der Waals surface area contributed by atoms with Crippen LogP contribution in [-0.4, -0.2) is 71.6 Å². The lowest BCUT2D eigenvalue weighted by molar-refractivity contribution is -0.148. The fourth-order valence-electron chi connectivity index (χ4n) is 2.68. The SMILES string of the molecule is COC1CC(CC(=O)O)N(C(=O)c2ccc(OCC(F)(F)C(F)F)nc2)C1. The molecular formula is C16H18F4N2O5. The molecule has 2 atom stereocenters. The molecule has 11 heteroatoms. The predicted octanol–water partition coefficient (Wildman–Crippen LogP) is 2.06. The van der Waals surface area contributed by atoms with Crippen LogP contribution in [0.15, 0.2) is 18.3 Å². The van der Waals surface area contributed by atoms with E-state index in [0.717, 1.165) is 12.3 Å². The Bertz CT molecular complexity index is 671. The topological polar surface area (TPSA) is 89.0 Å². The standard InChI is InChI=1S/C16H18F4N2O5/c1-26-11-4-10(5-13(23)24)22(7-11)14(25)9-2-3-12(21-6-9)27-8-16(19,20)15(17)18/h2-3,6,10-11,15H,4-5,7-8H2,1H3,(H,23,24). The highest BCUT2D eigenvalue weighted by Crippen LogP contribution is 2.26. The molecule has 1 fully saturated rings. The average Bonchev–Trinajstić information content (AvgIpc) is 3.02. The number of alkyl halides is 4. The Hall–Kier alpha value is -2.43. The zero-order valence-corrected chi connectivity index (χ0v) is 14.3. The molecule has 1 aromatic heterocycles. The fourth-order valence-corrected chi connectivity index (χ4v) is 2.68. The molecule has 0 spiro atoms. The number of carboxylic acids is 1. The molecule has 0 aromatic carbocycles. The lowest BCUT2D eigenvalue weighted by Crippen LogP contribution is -2.37. The number of likely N-dealkylation sites (tertiary alicyclic amines) is 1. The Morgan fingerprint density at radius 2 is 2.11 bits per heavy atom. The molecule has 2 rings (SSSR count). The van der Waals surface area contributed by atoms with Crippen LogP contribution in [0.2, 0.25) is 0 Å². The maximum atomic E-state index is 12.8. The van der Waals surface area contributed by atoms with Gasteiger partial charge in [-0.15, -0.1) is 0 Å². The molecule has 0 bridgehead atoms. The number of rotatable bonds is 8. The maximum Gasteiger partial charge on any atom is 0.340 e. The molecule has 1 saturated heterocycles. The molecule has 27 heavy (non-hydrogen) atoms. The second-order valence-electron chi connectivity index (χ2n) is 6.04. The van der Waals surface area contributed by atoms with Crippen molar-refractivity contribution < 1.29 is 41.7 Å². The third kappa shape index (κ3) is 5.28. The minimum Gasteiger partial charge on any atom is -0.481 e. The molecule has 150 valence electrons. The van der Waals surface area contributed by atoms with Crippen LogP contribution < -0.4 is 4.74 Å². The minimum atomic E-state index is -4.31. The van der Waals surface area contributed by atoms with Crippen molar-refractivity contribution in [2.24, 2.45) is 0 Å². The highest BCUT2D eigenvalue weighted by atomic mass is 19.3. The number of nitrogens with zero attached hydrogens (tertiary/aromatic N) is 2. The Morgan fingerprint density at radius 1 is 1.41 bits per heavy atom. The maximum absolute atomic E-state index is 12.8. The summed E-state index contributed by atoms with van der Waals surface area (Å²) in [5.74, 6) is -6.22. The number of aliphatic carboxylic acids is 1. The van der Waals surface area contributed by atoms with Gasteiger partial charge in [0.15, 0.2) is 6.61 Å². The van der Waals surface area contributed by atoms with Crippen LogP contribution in [0.3, 0.4) is 0 Å². The van der Waals surface area contributed by atoms with Crippen molar-refractivity contribution in [1.29, 1.82) is 0 Å². The molecule has 0 aliphatic carbocycles. The van der Waals surface area contributed by atoms with E-state index < -0.39 is 36.9 Å². The minimum absolute atomic E-state index is 0.0788. The number of carbonyl (C=O) groups excluding carboxylic acids is 1. The lowest BCUT2D eigenvalue weighted by Gasteiger charge is -2.23. The van der Waals surface area contributed by atoms with Crippen molar-refractivity contribution in [3.05, 3.63) is 23.9 Å². The number of ether oxygens (including phenoxy) is 2. The number of hydrogen-bond donors (Lipinski definition) is 1. The van der Waals surface area contributed by atoms with E-state index in [0.29, 0.717) is 6.42 Å². The first-order chi connectivity index (χ1) is 12.6. The van der Waals surface area contributed by atoms with Gasteiger partial charge in [-0.05, 0) is 12.5 Å². The van der Waals surface area contributed by atoms with E-state index in [4.69, 9.17) is 9.84 Å². The molecule has 2 unspecified atom stereocenters. The van der Waals surface area contributed by atoms with Crippen LogP contribution in [0.25, 0.3) is 0 Å². The normalized spacial score (nSPS) is 20.1. The van der Waals surface area contributed by atoms with Crippen molar-refractivity contribution in [1.82, 2.24) is 9.88 Å². The monoisotopic (exact) mass is 394 g/mol. The number of aromatic nitrogens is 1. The molecule has 1 N–H and O–H groups in total. The van der Waals surface area contributed by atoms with Crippen molar-refractivity contribution >= 4 is 11.9 Å². The van der Waals surface area contributed by atoms with Crippen LogP contribution >= 0.6 is 0 Å². The summed E-state index contributed by atoms with van der Waals surface area (Å²) in [5.41, 5.74) is 0.0788. The Morgan fingerprint density at radius 3 is 2.63 bits per heavy atom. The van der Waals surface area contributed by atoms with Gasteiger partial charge in [0.25, 0.3) is 5.91 Å². The highest BCUT2D eigenvalue weighted by Gasteiger charge is 2.42. The highest BCUT2D eigenvalue weighted by molar-refractivity contribution is 5.94. The number of hydrogen-bond acceptors (Lipinski definition) is 5. The Kier molecular flexibility index (Phi) is 6.58. The third-order valence-corrected chi connectivity index (χ3v) is 4.10. The summed E-state index contributed by atoms with van der Waals surface area (Å²) in [6, 6.07) is 1.79. The first kappa shape index (κ1) is 20.9. The van der Waals surface area contributed by atoms with Crippen molar-refractivity contribution in [3.63, 3.8) is 0 Å². The van der Waals surface area contributed by atoms with Crippen LogP contribution in [0.5, 0.6) is 5.88 Å². The van der Waals surface area contributed by atoms with Gasteiger partial charge in [-0.2, -0.15) is 8.78 Å². The fraction of sp³-hybridized carbons (Fsp3) is 0.562. The first-order valence-corrected chi connectivity index (χ1v) is 7.94. The molecule has 0 radical (unpaired) electrons. The lowest BCUT2D eigenvalue weighted by atomic mass is 10.1. The summed E-state index contributed by atoms with van der Waals surface area (Å²) in [5, 5.41) is 8.98. The molecule has 7 nitrogen and oxygen atoms in total. The number of carbonyl (C=O) groups is 2. The zero-order chi connectivity index (χ0) is 20.2. The summed E-state index contributed by atoms with van der Waals surface area (Å²) >= 11 is 0. The van der Waals surface area contributed by atoms with E-state index in [1.165, 1.54) is 18.1 Å². The number of methoxy groups -OCH3 is 1. The number of halogens is 4. The third-order valence-electron chi connectivity index (χ3n) is 4.10. The van der Waals surface area contributed by atoms with E-state index >= 15 is 0 Å². The molecule has 0 saturated carbocycles. The van der Waals surface area contributed by atoms with Gasteiger partial charge in [0, 0.05) is 32.0 Å². The number of pyridine rings is 1. The quantitative estimate of drug-likeness (QED) is 0.679. The van der Waals surface area contributed by atoms with Crippen LogP contribution in [0.4, 0.5) is 17.6 Å². The number of amides is 1. The van der Waals surface area contributed by atoms with Gasteiger partial charge >= 0.3 is 18.3 Å². The first-order valence-electron chi connectivity index (χ1n) is 7.94. The molecule has 2 heterocycles. The largest absolute Gasteiger partial charge is 0.481 e. The number of carboxylic acid groups (broad SMARTS) is 1. The molecular weight excluding hydrogens is 376 g/mol. The van der Waals surface area contributed by atoms with Gasteiger partial charge in [0.2, 0.25) is 5.88 Å². The van der Waals surface area contributed by atoms with E-state index in [9.17, 15) is 27.2 Å². The zero-order valence-electron chi connectivity index (χ0n) is 14.3. The molecule has 1 aromatic rings. The van der Waals surface area contributed by atoms with E-state index in [2.05, 4.69) is 9.72 Å². The van der Waals surface area contributed by atoms with Crippen molar-refractivity contribution in [3.8, 4) is 5.88 Å². The van der Waals surface area contributed by atoms with Crippen molar-refractivity contribution in [2.45, 2.75) is 37.3 Å². The average molecular weight is 394 g/mol. The van der Waals surface area contributed by atoms with Gasteiger partial charge in [-0.25, -0.2) is 13.8 Å². The van der Waals surface area contributed by atoms with Crippen LogP contribution in [0, 0.1) is 0 Å². The molecule has 1 aliphatic rings. The second kappa shape index (κ2) is 8.51. The van der Waals surface area contributed by atoms with E-state index in [1.807, 2.05) is 0 Å². The van der Waals surface area contributed by atoms with Gasteiger partial charge in [-0.1, -0.05) is 0 Å². The van der Waals surface area contributed by atoms with Gasteiger partial charge in [0.05, 0.1) is 18.1 Å². The van der Waals surface area contributed by atoms with Gasteiger partial charge in [0.1, 0.15) is 0 Å². The summed E-state index contributed by atoms with van der Waals surface area (Å²) in [6.45, 7) is -1.35. The van der Waals surface area contributed by atoms with Gasteiger partial charge in [-0.3, -0.25) is 9.59 Å². The Labute approximate surface area is 151 Å². The van der Waals surface area contributed by atoms with E-state index in [1.54, 1.807) is 0 Å². The van der Waals surface area contributed by atoms with E-state index in [-0.39, 0.29) is 30.5 Å². The summed E-state index contributed by atoms with van der Waals surface area (Å²) in [4.78, 5) is 28.6. The van der Waals surface area contributed by atoms with Crippen molar-refractivity contribution in [2.75, 3.05) is 20.3 Å². The summed E-state index contributed by atoms with van der Waals surface area (Å²) < 4.78 is 59.6. The van der Waals surface area contributed by atoms with Gasteiger partial charge < -0.3 is 19.5 Å². The molecule has 1 aliphatic heterocycles. The predicted molar refractivity (Wildman–Crippen MR) is 83.2 cm³/mol. The second-order valence-corrected chi connectivity index (χ2v) is 6.04. The van der Waals surface area contributed by atoms with Crippen LogP contribution in [0.1, 0.15) is 23.2 Å². The Balaban J connectivity index is 2.04. The summed E-state index contributed by atoms with van der Waals surface area (Å²) in [7, 11) is 1.46. The molecule has 1 amide bonds. The smallest absolute Gasteiger partial charge is 0.340 e. The van der Waals surface area contributed by atoms with Crippen LogP contribution in [-0.2, 0) is 9.53 Å².